The van der Waals surface area contributed by atoms with Gasteiger partial charge in [-0.15, -0.1) is 0 Å². The number of nitrogens with two attached hydrogens (primary N) is 1. The third kappa shape index (κ3) is 5.77. The molecule has 0 spiro atoms. The van der Waals surface area contributed by atoms with Crippen molar-refractivity contribution >= 4 is 23.4 Å². The first-order chi connectivity index (χ1) is 9.54. The second-order valence-electron chi connectivity index (χ2n) is 4.22. The maximum atomic E-state index is 12.9. The number of carbonyl (C=O) groups is 1. The number of hydrogen-bond acceptors (Lipinski definition) is 5. The third-order valence-corrected chi connectivity index (χ3v) is 3.56. The summed E-state index contributed by atoms with van der Waals surface area (Å²) in [6.45, 7) is 2.03. The largest absolute Gasteiger partial charge is 0.382 e. The van der Waals surface area contributed by atoms with Crippen molar-refractivity contribution in [3.8, 4) is 0 Å². The molecule has 0 heterocycles. The van der Waals surface area contributed by atoms with Gasteiger partial charge in [-0.05, 0) is 36.1 Å². The molecule has 1 aromatic rings. The van der Waals surface area contributed by atoms with Crippen molar-refractivity contribution in [3.05, 3.63) is 30.1 Å². The van der Waals surface area contributed by atoms with Gasteiger partial charge in [0.25, 0.3) is 5.91 Å². The van der Waals surface area contributed by atoms with Crippen molar-refractivity contribution in [2.45, 2.75) is 25.5 Å². The molecule has 0 aliphatic heterocycles. The summed E-state index contributed by atoms with van der Waals surface area (Å²) in [5.74, 6) is 0.705. The van der Waals surface area contributed by atoms with Crippen LogP contribution in [0.1, 0.15) is 13.3 Å². The summed E-state index contributed by atoms with van der Waals surface area (Å²) in [6, 6.07) is 5.00. The molecule has 0 bridgehead atoms. The van der Waals surface area contributed by atoms with Crippen molar-refractivity contribution in [1.29, 1.82) is 0 Å². The highest BCUT2D eigenvalue weighted by molar-refractivity contribution is 7.99. The van der Waals surface area contributed by atoms with E-state index in [-0.39, 0.29) is 0 Å². The van der Waals surface area contributed by atoms with E-state index in [2.05, 4.69) is 10.9 Å². The fourth-order valence-corrected chi connectivity index (χ4v) is 2.22. The summed E-state index contributed by atoms with van der Waals surface area (Å²) < 4.78 is 12.9. The SMILES string of the molecule is CCSCC[C@@H](N)C(O)C(=O)NNc1cccc(F)c1. The van der Waals surface area contributed by atoms with Gasteiger partial charge in [0.05, 0.1) is 5.69 Å². The minimum atomic E-state index is -1.30. The molecule has 1 amide bonds. The van der Waals surface area contributed by atoms with Crippen LogP contribution in [0.2, 0.25) is 0 Å². The van der Waals surface area contributed by atoms with Gasteiger partial charge in [0.2, 0.25) is 0 Å². The molecule has 0 aliphatic carbocycles. The Kier molecular flexibility index (Phi) is 7.35. The van der Waals surface area contributed by atoms with E-state index in [4.69, 9.17) is 5.73 Å². The molecule has 2 atom stereocenters. The molecule has 0 aliphatic rings. The van der Waals surface area contributed by atoms with Crippen LogP contribution in [0.15, 0.2) is 24.3 Å². The fourth-order valence-electron chi connectivity index (χ4n) is 1.49. The number of rotatable bonds is 8. The van der Waals surface area contributed by atoms with Crippen molar-refractivity contribution in [1.82, 2.24) is 5.43 Å². The minimum absolute atomic E-state index is 0.389. The van der Waals surface area contributed by atoms with Crippen molar-refractivity contribution in [2.24, 2.45) is 5.73 Å². The molecule has 1 aromatic carbocycles. The fraction of sp³-hybridized carbons (Fsp3) is 0.462. The van der Waals surface area contributed by atoms with E-state index >= 15 is 0 Å². The first-order valence-corrected chi connectivity index (χ1v) is 7.53. The second kappa shape index (κ2) is 8.78. The molecule has 0 fully saturated rings. The van der Waals surface area contributed by atoms with Crippen molar-refractivity contribution in [2.75, 3.05) is 16.9 Å². The van der Waals surface area contributed by atoms with E-state index in [1.54, 1.807) is 17.8 Å². The molecule has 0 aromatic heterocycles. The summed E-state index contributed by atoms with van der Waals surface area (Å²) in [7, 11) is 0. The zero-order valence-electron chi connectivity index (χ0n) is 11.3. The lowest BCUT2D eigenvalue weighted by Gasteiger charge is -2.18. The number of carbonyl (C=O) groups excluding carboxylic acids is 1. The number of nitrogens with one attached hydrogen (secondary N) is 2. The number of aliphatic hydroxyl groups is 1. The van der Waals surface area contributed by atoms with Crippen LogP contribution < -0.4 is 16.6 Å². The Balaban J connectivity index is 2.37. The van der Waals surface area contributed by atoms with Gasteiger partial charge in [-0.25, -0.2) is 4.39 Å². The van der Waals surface area contributed by atoms with Gasteiger partial charge in [0.15, 0.2) is 0 Å². The average molecular weight is 301 g/mol. The van der Waals surface area contributed by atoms with Crippen LogP contribution in [-0.4, -0.2) is 34.7 Å². The summed E-state index contributed by atoms with van der Waals surface area (Å²) in [4.78, 5) is 11.7. The van der Waals surface area contributed by atoms with Crippen LogP contribution in [0, 0.1) is 5.82 Å². The van der Waals surface area contributed by atoms with Gasteiger partial charge in [-0.2, -0.15) is 11.8 Å². The molecule has 0 radical (unpaired) electrons. The zero-order valence-corrected chi connectivity index (χ0v) is 12.1. The summed E-state index contributed by atoms with van der Waals surface area (Å²) >= 11 is 1.70. The molecule has 5 N–H and O–H groups in total. The Morgan fingerprint density at radius 2 is 2.30 bits per heavy atom. The molecule has 7 heteroatoms. The molecule has 0 saturated heterocycles. The standard InChI is InChI=1S/C13H20FN3O2S/c1-2-20-7-6-11(15)12(18)13(19)17-16-10-5-3-4-9(14)8-10/h3-5,8,11-12,16,18H,2,6-7,15H2,1H3,(H,17,19)/t11-,12?/m1/s1. The molecule has 112 valence electrons. The highest BCUT2D eigenvalue weighted by atomic mass is 32.2. The lowest BCUT2D eigenvalue weighted by atomic mass is 10.1. The van der Waals surface area contributed by atoms with Crippen molar-refractivity contribution < 1.29 is 14.3 Å². The van der Waals surface area contributed by atoms with E-state index in [9.17, 15) is 14.3 Å². The predicted molar refractivity (Wildman–Crippen MR) is 79.8 cm³/mol. The maximum Gasteiger partial charge on any atom is 0.268 e. The normalized spacial score (nSPS) is 13.6. The van der Waals surface area contributed by atoms with Gasteiger partial charge in [0.1, 0.15) is 11.9 Å². The lowest BCUT2D eigenvalue weighted by molar-refractivity contribution is -0.129. The Morgan fingerprint density at radius 1 is 1.55 bits per heavy atom. The predicted octanol–water partition coefficient (Wildman–Crippen LogP) is 1.10. The molecule has 1 unspecified atom stereocenters. The molecular formula is C13H20FN3O2S. The van der Waals surface area contributed by atoms with Crippen LogP contribution in [0.4, 0.5) is 10.1 Å². The second-order valence-corrected chi connectivity index (χ2v) is 5.61. The van der Waals surface area contributed by atoms with Crippen LogP contribution >= 0.6 is 11.8 Å². The Labute approximate surface area is 122 Å². The number of anilines is 1. The van der Waals surface area contributed by atoms with Gasteiger partial charge in [-0.1, -0.05) is 13.0 Å². The smallest absolute Gasteiger partial charge is 0.268 e. The van der Waals surface area contributed by atoms with Crippen molar-refractivity contribution in [3.63, 3.8) is 0 Å². The van der Waals surface area contributed by atoms with Gasteiger partial charge in [0, 0.05) is 6.04 Å². The monoisotopic (exact) mass is 301 g/mol. The Bertz CT molecular complexity index is 434. The number of amides is 1. The minimum Gasteiger partial charge on any atom is -0.382 e. The highest BCUT2D eigenvalue weighted by Gasteiger charge is 2.22. The van der Waals surface area contributed by atoms with E-state index in [1.165, 1.54) is 18.2 Å². The number of thioether (sulfide) groups is 1. The topological polar surface area (TPSA) is 87.4 Å². The first-order valence-electron chi connectivity index (χ1n) is 6.37. The zero-order chi connectivity index (χ0) is 15.0. The number of hydrogen-bond donors (Lipinski definition) is 4. The van der Waals surface area contributed by atoms with Crippen LogP contribution in [-0.2, 0) is 4.79 Å². The van der Waals surface area contributed by atoms with Gasteiger partial charge < -0.3 is 10.8 Å². The number of hydrazine groups is 1. The number of aliphatic hydroxyl groups excluding tert-OH is 1. The molecule has 5 nitrogen and oxygen atoms in total. The number of benzene rings is 1. The molecule has 0 saturated carbocycles. The van der Waals surface area contributed by atoms with Gasteiger partial charge >= 0.3 is 0 Å². The third-order valence-electron chi connectivity index (χ3n) is 2.63. The highest BCUT2D eigenvalue weighted by Crippen LogP contribution is 2.08. The summed E-state index contributed by atoms with van der Waals surface area (Å²) in [5.41, 5.74) is 11.0. The quantitative estimate of drug-likeness (QED) is 0.427. The van der Waals surface area contributed by atoms with Gasteiger partial charge in [-0.3, -0.25) is 15.6 Å². The molecule has 20 heavy (non-hydrogen) atoms. The summed E-state index contributed by atoms with van der Waals surface area (Å²) in [6.07, 6.45) is -0.749. The van der Waals surface area contributed by atoms with E-state index < -0.39 is 23.9 Å². The summed E-state index contributed by atoms with van der Waals surface area (Å²) in [5, 5.41) is 9.76. The van der Waals surface area contributed by atoms with E-state index in [0.29, 0.717) is 12.1 Å². The lowest BCUT2D eigenvalue weighted by Crippen LogP contribution is -2.48. The Hall–Kier alpha value is -1.31. The van der Waals surface area contributed by atoms with Crippen LogP contribution in [0.25, 0.3) is 0 Å². The molecular weight excluding hydrogens is 281 g/mol. The maximum absolute atomic E-state index is 12.9. The Morgan fingerprint density at radius 3 is 2.95 bits per heavy atom. The van der Waals surface area contributed by atoms with E-state index in [1.807, 2.05) is 6.92 Å². The van der Waals surface area contributed by atoms with Crippen LogP contribution in [0.5, 0.6) is 0 Å². The van der Waals surface area contributed by atoms with E-state index in [0.717, 1.165) is 11.5 Å². The first kappa shape index (κ1) is 16.7. The average Bonchev–Trinajstić information content (AvgIpc) is 2.44. The molecule has 1 rings (SSSR count). The number of halogens is 1. The van der Waals surface area contributed by atoms with Crippen LogP contribution in [0.3, 0.4) is 0 Å².